The summed E-state index contributed by atoms with van der Waals surface area (Å²) in [5, 5.41) is 10.8. The van der Waals surface area contributed by atoms with Crippen LogP contribution in [0.5, 0.6) is 0 Å². The molecule has 1 saturated heterocycles. The Morgan fingerprint density at radius 3 is 2.45 bits per heavy atom. The summed E-state index contributed by atoms with van der Waals surface area (Å²) in [5.74, 6) is -1.16. The van der Waals surface area contributed by atoms with Gasteiger partial charge in [-0.1, -0.05) is 45.0 Å². The molecule has 6 nitrogen and oxygen atoms in total. The van der Waals surface area contributed by atoms with E-state index in [9.17, 15) is 14.7 Å². The lowest BCUT2D eigenvalue weighted by Gasteiger charge is -2.38. The standard InChI is InChI=1S/C25H32O6/c1-6-29-25(5)30-14-19(26)21(31-25)20(27)16-9-7-15(8-10-16)13-17-18-11-12-24(4,22(17)28)23(18,2)3/h7-10,13,18,20-21,27H,6,11-12,14H2,1-5H3/b17-13+. The van der Waals surface area contributed by atoms with E-state index >= 15 is 0 Å². The number of rotatable bonds is 5. The van der Waals surface area contributed by atoms with Gasteiger partial charge in [-0.25, -0.2) is 0 Å². The fourth-order valence-electron chi connectivity index (χ4n) is 5.43. The topological polar surface area (TPSA) is 82.1 Å². The lowest BCUT2D eigenvalue weighted by Crippen LogP contribution is -2.51. The zero-order chi connectivity index (χ0) is 22.6. The van der Waals surface area contributed by atoms with Crippen LogP contribution in [0.1, 0.15) is 64.7 Å². The highest BCUT2D eigenvalue weighted by Crippen LogP contribution is 2.65. The van der Waals surface area contributed by atoms with E-state index in [0.717, 1.165) is 24.0 Å². The Morgan fingerprint density at radius 2 is 1.87 bits per heavy atom. The maximum atomic E-state index is 13.1. The molecular weight excluding hydrogens is 396 g/mol. The molecule has 1 aliphatic heterocycles. The van der Waals surface area contributed by atoms with Crippen molar-refractivity contribution in [3.8, 4) is 0 Å². The molecule has 2 bridgehead atoms. The van der Waals surface area contributed by atoms with Gasteiger partial charge in [-0.3, -0.25) is 9.59 Å². The summed E-state index contributed by atoms with van der Waals surface area (Å²) in [4.78, 5) is 25.3. The predicted octanol–water partition coefficient (Wildman–Crippen LogP) is 3.82. The smallest absolute Gasteiger partial charge is 0.281 e. The number of Topliss-reactive ketones (excluding diaryl/α,β-unsaturated/α-hetero) is 2. The minimum Gasteiger partial charge on any atom is -0.385 e. The molecule has 3 aliphatic rings. The normalized spacial score (nSPS) is 36.9. The first-order valence-electron chi connectivity index (χ1n) is 11.1. The summed E-state index contributed by atoms with van der Waals surface area (Å²) in [5.41, 5.74) is 2.06. The minimum atomic E-state index is -1.36. The summed E-state index contributed by atoms with van der Waals surface area (Å²) in [7, 11) is 0. The van der Waals surface area contributed by atoms with E-state index in [1.165, 1.54) is 0 Å². The number of allylic oxidation sites excluding steroid dienone is 1. The largest absolute Gasteiger partial charge is 0.385 e. The Labute approximate surface area is 183 Å². The highest BCUT2D eigenvalue weighted by atomic mass is 16.9. The van der Waals surface area contributed by atoms with Crippen LogP contribution in [0, 0.1) is 16.7 Å². The molecule has 168 valence electrons. The molecule has 0 spiro atoms. The fraction of sp³-hybridized carbons (Fsp3) is 0.600. The number of ketones is 2. The second kappa shape index (κ2) is 7.62. The van der Waals surface area contributed by atoms with E-state index < -0.39 is 18.2 Å². The zero-order valence-corrected chi connectivity index (χ0v) is 18.9. The molecule has 0 amide bonds. The summed E-state index contributed by atoms with van der Waals surface area (Å²) in [6.07, 6.45) is 1.77. The molecule has 1 N–H and O–H groups in total. The summed E-state index contributed by atoms with van der Waals surface area (Å²) < 4.78 is 16.4. The summed E-state index contributed by atoms with van der Waals surface area (Å²) in [6, 6.07) is 7.27. The van der Waals surface area contributed by atoms with E-state index in [1.54, 1.807) is 26.0 Å². The van der Waals surface area contributed by atoms with Crippen molar-refractivity contribution >= 4 is 17.6 Å². The third-order valence-corrected chi connectivity index (χ3v) is 7.79. The first-order chi connectivity index (χ1) is 14.5. The van der Waals surface area contributed by atoms with Crippen LogP contribution in [-0.2, 0) is 23.8 Å². The number of hydrogen-bond acceptors (Lipinski definition) is 6. The van der Waals surface area contributed by atoms with Crippen LogP contribution < -0.4 is 0 Å². The molecule has 1 heterocycles. The van der Waals surface area contributed by atoms with E-state index in [2.05, 4.69) is 20.8 Å². The molecule has 0 radical (unpaired) electrons. The number of carbonyl (C=O) groups is 2. The van der Waals surface area contributed by atoms with Crippen molar-refractivity contribution in [2.45, 2.75) is 65.6 Å². The molecule has 2 aliphatic carbocycles. The average molecular weight is 429 g/mol. The van der Waals surface area contributed by atoms with Crippen LogP contribution in [0.3, 0.4) is 0 Å². The van der Waals surface area contributed by atoms with Crippen LogP contribution >= 0.6 is 0 Å². The van der Waals surface area contributed by atoms with Gasteiger partial charge in [0.25, 0.3) is 5.97 Å². The van der Waals surface area contributed by atoms with Crippen LogP contribution in [0.2, 0.25) is 0 Å². The lowest BCUT2D eigenvalue weighted by atomic mass is 9.70. The molecule has 1 aromatic rings. The van der Waals surface area contributed by atoms with Crippen LogP contribution in [-0.4, -0.2) is 42.0 Å². The van der Waals surface area contributed by atoms with Gasteiger partial charge in [0.15, 0.2) is 17.7 Å². The highest BCUT2D eigenvalue weighted by Gasteiger charge is 2.63. The maximum Gasteiger partial charge on any atom is 0.281 e. The van der Waals surface area contributed by atoms with Crippen molar-refractivity contribution in [3.63, 3.8) is 0 Å². The van der Waals surface area contributed by atoms with E-state index in [0.29, 0.717) is 12.2 Å². The van der Waals surface area contributed by atoms with E-state index in [4.69, 9.17) is 14.2 Å². The molecule has 1 aromatic carbocycles. The highest BCUT2D eigenvalue weighted by molar-refractivity contribution is 6.07. The second-order valence-corrected chi connectivity index (χ2v) is 9.77. The monoisotopic (exact) mass is 428 g/mol. The van der Waals surface area contributed by atoms with Gasteiger partial charge < -0.3 is 19.3 Å². The third-order valence-electron chi connectivity index (χ3n) is 7.79. The number of fused-ring (bicyclic) bond motifs is 2. The molecule has 2 saturated carbocycles. The van der Waals surface area contributed by atoms with Gasteiger partial charge in [-0.2, -0.15) is 0 Å². The Balaban J connectivity index is 1.53. The van der Waals surface area contributed by atoms with Crippen molar-refractivity contribution in [2.24, 2.45) is 16.7 Å². The molecule has 3 fully saturated rings. The van der Waals surface area contributed by atoms with E-state index in [-0.39, 0.29) is 34.9 Å². The average Bonchev–Trinajstić information content (AvgIpc) is 3.04. The van der Waals surface area contributed by atoms with Crippen LogP contribution in [0.25, 0.3) is 6.08 Å². The van der Waals surface area contributed by atoms with Crippen LogP contribution in [0.15, 0.2) is 29.8 Å². The molecule has 0 aromatic heterocycles. The second-order valence-electron chi connectivity index (χ2n) is 9.77. The van der Waals surface area contributed by atoms with Crippen LogP contribution in [0.4, 0.5) is 0 Å². The summed E-state index contributed by atoms with van der Waals surface area (Å²) >= 11 is 0. The number of carbonyl (C=O) groups excluding carboxylic acids is 2. The third kappa shape index (κ3) is 3.50. The molecule has 6 heteroatoms. The lowest BCUT2D eigenvalue weighted by molar-refractivity contribution is -0.395. The minimum absolute atomic E-state index is 0.0278. The van der Waals surface area contributed by atoms with Crippen molar-refractivity contribution in [1.82, 2.24) is 0 Å². The number of hydrogen-bond donors (Lipinski definition) is 1. The number of ether oxygens (including phenoxy) is 3. The summed E-state index contributed by atoms with van der Waals surface area (Å²) in [6.45, 7) is 10.1. The number of aliphatic hydroxyl groups excluding tert-OH is 1. The van der Waals surface area contributed by atoms with Gasteiger partial charge in [0.2, 0.25) is 0 Å². The number of benzene rings is 1. The first-order valence-corrected chi connectivity index (χ1v) is 11.1. The molecule has 31 heavy (non-hydrogen) atoms. The van der Waals surface area contributed by atoms with Gasteiger partial charge in [-0.05, 0) is 53.9 Å². The Hall–Kier alpha value is -1.86. The quantitative estimate of drug-likeness (QED) is 0.718. The SMILES string of the molecule is CCOC1(C)OCC(=O)C(C(O)c2ccc(/C=C3/C(=O)C4(C)CCC3C4(C)C)cc2)O1. The van der Waals surface area contributed by atoms with Gasteiger partial charge in [0.05, 0.1) is 0 Å². The number of aliphatic hydroxyl groups is 1. The molecular formula is C25H32O6. The Morgan fingerprint density at radius 1 is 1.19 bits per heavy atom. The van der Waals surface area contributed by atoms with Gasteiger partial charge in [-0.15, -0.1) is 0 Å². The van der Waals surface area contributed by atoms with E-state index in [1.807, 2.05) is 18.2 Å². The fourth-order valence-corrected chi connectivity index (χ4v) is 5.43. The van der Waals surface area contributed by atoms with Gasteiger partial charge >= 0.3 is 0 Å². The Bertz CT molecular complexity index is 916. The van der Waals surface area contributed by atoms with Gasteiger partial charge in [0, 0.05) is 18.9 Å². The van der Waals surface area contributed by atoms with Crippen molar-refractivity contribution < 1.29 is 28.9 Å². The van der Waals surface area contributed by atoms with Crippen molar-refractivity contribution in [1.29, 1.82) is 0 Å². The van der Waals surface area contributed by atoms with Gasteiger partial charge in [0.1, 0.15) is 12.7 Å². The molecule has 5 unspecified atom stereocenters. The Kier molecular flexibility index (Phi) is 5.49. The first kappa shape index (κ1) is 22.3. The zero-order valence-electron chi connectivity index (χ0n) is 18.9. The molecule has 4 rings (SSSR count). The van der Waals surface area contributed by atoms with Crippen molar-refractivity contribution in [2.75, 3.05) is 13.2 Å². The molecule has 5 atom stereocenters. The predicted molar refractivity (Wildman–Crippen MR) is 115 cm³/mol. The maximum absolute atomic E-state index is 13.1. The van der Waals surface area contributed by atoms with Crippen molar-refractivity contribution in [3.05, 3.63) is 41.0 Å².